The molecule has 0 unspecified atom stereocenters. The molecule has 0 bridgehead atoms. The van der Waals surface area contributed by atoms with E-state index in [1.54, 1.807) is 0 Å². The Labute approximate surface area is 155 Å². The van der Waals surface area contributed by atoms with Crippen molar-refractivity contribution in [3.05, 3.63) is 64.2 Å². The van der Waals surface area contributed by atoms with E-state index in [0.29, 0.717) is 5.02 Å². The quantitative estimate of drug-likeness (QED) is 0.852. The van der Waals surface area contributed by atoms with Gasteiger partial charge >= 0.3 is 0 Å². The number of likely N-dealkylation sites (tertiary alicyclic amines) is 1. The summed E-state index contributed by atoms with van der Waals surface area (Å²) in [6, 6.07) is 14.1. The minimum Gasteiger partial charge on any atom is -0.326 e. The van der Waals surface area contributed by atoms with Gasteiger partial charge in [0.2, 0.25) is 5.91 Å². The maximum Gasteiger partial charge on any atom is 0.227 e. The van der Waals surface area contributed by atoms with Gasteiger partial charge in [-0.25, -0.2) is 0 Å². The molecule has 1 fully saturated rings. The summed E-state index contributed by atoms with van der Waals surface area (Å²) in [7, 11) is 0. The second kappa shape index (κ2) is 8.03. The number of nitrogens with one attached hydrogen (secondary N) is 1. The zero-order valence-electron chi connectivity index (χ0n) is 14.9. The van der Waals surface area contributed by atoms with Gasteiger partial charge in [-0.3, -0.25) is 9.69 Å². The summed E-state index contributed by atoms with van der Waals surface area (Å²) >= 11 is 6.04. The molecule has 1 heterocycles. The van der Waals surface area contributed by atoms with Crippen molar-refractivity contribution >= 4 is 23.2 Å². The van der Waals surface area contributed by atoms with Crippen molar-refractivity contribution in [2.24, 2.45) is 5.92 Å². The number of hydrogen-bond donors (Lipinski definition) is 1. The lowest BCUT2D eigenvalue weighted by atomic mass is 9.95. The number of hydrogen-bond acceptors (Lipinski definition) is 2. The van der Waals surface area contributed by atoms with Crippen LogP contribution in [0.4, 0.5) is 5.69 Å². The molecule has 0 atom stereocenters. The first-order valence-electron chi connectivity index (χ1n) is 8.87. The maximum atomic E-state index is 12.6. The number of amides is 1. The molecular formula is C21H25ClN2O. The Balaban J connectivity index is 1.54. The Morgan fingerprint density at radius 3 is 2.56 bits per heavy atom. The lowest BCUT2D eigenvalue weighted by Crippen LogP contribution is -2.38. The fourth-order valence-corrected chi connectivity index (χ4v) is 3.52. The van der Waals surface area contributed by atoms with E-state index in [-0.39, 0.29) is 11.8 Å². The van der Waals surface area contributed by atoms with E-state index in [0.717, 1.165) is 43.7 Å². The summed E-state index contributed by atoms with van der Waals surface area (Å²) in [5.41, 5.74) is 4.56. The van der Waals surface area contributed by atoms with Gasteiger partial charge in [0, 0.05) is 23.2 Å². The fraction of sp³-hybridized carbons (Fsp3) is 0.381. The van der Waals surface area contributed by atoms with Gasteiger partial charge in [0.1, 0.15) is 0 Å². The molecule has 0 spiro atoms. The molecule has 3 rings (SSSR count). The van der Waals surface area contributed by atoms with E-state index in [1.807, 2.05) is 25.1 Å². The zero-order chi connectivity index (χ0) is 17.8. The Kier molecular flexibility index (Phi) is 5.77. The molecule has 1 amide bonds. The highest BCUT2D eigenvalue weighted by Gasteiger charge is 2.25. The lowest BCUT2D eigenvalue weighted by Gasteiger charge is -2.31. The Morgan fingerprint density at radius 1 is 1.12 bits per heavy atom. The monoisotopic (exact) mass is 356 g/mol. The number of rotatable bonds is 4. The van der Waals surface area contributed by atoms with Crippen LogP contribution in [0.15, 0.2) is 42.5 Å². The first kappa shape index (κ1) is 18.0. The number of piperidine rings is 1. The van der Waals surface area contributed by atoms with Crippen molar-refractivity contribution < 1.29 is 4.79 Å². The van der Waals surface area contributed by atoms with E-state index in [9.17, 15) is 4.79 Å². The molecule has 0 aliphatic carbocycles. The number of benzene rings is 2. The third-order valence-electron chi connectivity index (χ3n) is 5.07. The summed E-state index contributed by atoms with van der Waals surface area (Å²) in [5, 5.41) is 3.70. The summed E-state index contributed by atoms with van der Waals surface area (Å²) in [5.74, 6) is 0.187. The van der Waals surface area contributed by atoms with E-state index < -0.39 is 0 Å². The van der Waals surface area contributed by atoms with E-state index in [4.69, 9.17) is 11.6 Å². The minimum absolute atomic E-state index is 0.0755. The van der Waals surface area contributed by atoms with E-state index in [1.165, 1.54) is 11.1 Å². The molecule has 4 heteroatoms. The summed E-state index contributed by atoms with van der Waals surface area (Å²) < 4.78 is 0. The molecule has 2 aromatic carbocycles. The largest absolute Gasteiger partial charge is 0.326 e. The SMILES string of the molecule is Cc1ccccc1CN1CCC(C(=O)Nc2cc(Cl)ccc2C)CC1. The molecule has 3 nitrogen and oxygen atoms in total. The van der Waals surface area contributed by atoms with Crippen LogP contribution in [0.5, 0.6) is 0 Å². The number of halogens is 1. The van der Waals surface area contributed by atoms with Gasteiger partial charge in [-0.15, -0.1) is 0 Å². The van der Waals surface area contributed by atoms with Crippen LogP contribution < -0.4 is 5.32 Å². The maximum absolute atomic E-state index is 12.6. The first-order chi connectivity index (χ1) is 12.0. The number of anilines is 1. The molecule has 1 N–H and O–H groups in total. The molecule has 0 saturated carbocycles. The Bertz CT molecular complexity index is 751. The third-order valence-corrected chi connectivity index (χ3v) is 5.31. The van der Waals surface area contributed by atoms with Crippen molar-refractivity contribution in [3.63, 3.8) is 0 Å². The van der Waals surface area contributed by atoms with Crippen LogP contribution in [0.1, 0.15) is 29.5 Å². The van der Waals surface area contributed by atoms with Crippen LogP contribution in [-0.2, 0) is 11.3 Å². The number of aryl methyl sites for hydroxylation is 2. The molecule has 1 aliphatic rings. The molecule has 25 heavy (non-hydrogen) atoms. The number of carbonyl (C=O) groups excluding carboxylic acids is 1. The van der Waals surface area contributed by atoms with Crippen molar-refractivity contribution in [3.8, 4) is 0 Å². The van der Waals surface area contributed by atoms with Crippen LogP contribution in [0.25, 0.3) is 0 Å². The average molecular weight is 357 g/mol. The molecule has 0 radical (unpaired) electrons. The second-order valence-corrected chi connectivity index (χ2v) is 7.36. The second-order valence-electron chi connectivity index (χ2n) is 6.93. The van der Waals surface area contributed by atoms with Gasteiger partial charge in [0.25, 0.3) is 0 Å². The van der Waals surface area contributed by atoms with Crippen molar-refractivity contribution in [2.45, 2.75) is 33.2 Å². The van der Waals surface area contributed by atoms with E-state index >= 15 is 0 Å². The van der Waals surface area contributed by atoms with Gasteiger partial charge in [-0.2, -0.15) is 0 Å². The zero-order valence-corrected chi connectivity index (χ0v) is 15.6. The van der Waals surface area contributed by atoms with Crippen LogP contribution in [0.2, 0.25) is 5.02 Å². The van der Waals surface area contributed by atoms with Crippen LogP contribution in [0.3, 0.4) is 0 Å². The van der Waals surface area contributed by atoms with Gasteiger partial charge < -0.3 is 5.32 Å². The normalized spacial score (nSPS) is 16.0. The molecule has 132 valence electrons. The van der Waals surface area contributed by atoms with Gasteiger partial charge in [0.05, 0.1) is 0 Å². The average Bonchev–Trinajstić information content (AvgIpc) is 2.61. The predicted octanol–water partition coefficient (Wildman–Crippen LogP) is 4.81. The molecule has 2 aromatic rings. The highest BCUT2D eigenvalue weighted by molar-refractivity contribution is 6.31. The summed E-state index contributed by atoms with van der Waals surface area (Å²) in [6.07, 6.45) is 1.80. The van der Waals surface area contributed by atoms with Crippen LogP contribution in [0, 0.1) is 19.8 Å². The lowest BCUT2D eigenvalue weighted by molar-refractivity contribution is -0.121. The summed E-state index contributed by atoms with van der Waals surface area (Å²) in [4.78, 5) is 15.0. The fourth-order valence-electron chi connectivity index (χ4n) is 3.35. The van der Waals surface area contributed by atoms with Crippen LogP contribution in [-0.4, -0.2) is 23.9 Å². The first-order valence-corrected chi connectivity index (χ1v) is 9.24. The topological polar surface area (TPSA) is 32.3 Å². The molecule has 1 aliphatic heterocycles. The highest BCUT2D eigenvalue weighted by Crippen LogP contribution is 2.24. The Morgan fingerprint density at radius 2 is 1.84 bits per heavy atom. The van der Waals surface area contributed by atoms with Crippen LogP contribution >= 0.6 is 11.6 Å². The van der Waals surface area contributed by atoms with Crippen molar-refractivity contribution in [1.82, 2.24) is 4.90 Å². The molecule has 0 aromatic heterocycles. The standard InChI is InChI=1S/C21H25ClN2O/c1-15-5-3-4-6-18(15)14-24-11-9-17(10-12-24)21(25)23-20-13-19(22)8-7-16(20)2/h3-8,13,17H,9-12,14H2,1-2H3,(H,23,25). The van der Waals surface area contributed by atoms with E-state index in [2.05, 4.69) is 41.4 Å². The minimum atomic E-state index is 0.0755. The number of carbonyl (C=O) groups is 1. The number of nitrogens with zero attached hydrogens (tertiary/aromatic N) is 1. The molecular weight excluding hydrogens is 332 g/mol. The Hall–Kier alpha value is -1.84. The van der Waals surface area contributed by atoms with Crippen molar-refractivity contribution in [1.29, 1.82) is 0 Å². The molecule has 1 saturated heterocycles. The van der Waals surface area contributed by atoms with Gasteiger partial charge in [-0.05, 0) is 68.6 Å². The highest BCUT2D eigenvalue weighted by atomic mass is 35.5. The predicted molar refractivity (Wildman–Crippen MR) is 104 cm³/mol. The van der Waals surface area contributed by atoms with Crippen molar-refractivity contribution in [2.75, 3.05) is 18.4 Å². The smallest absolute Gasteiger partial charge is 0.227 e. The third kappa shape index (κ3) is 4.62. The van der Waals surface area contributed by atoms with Gasteiger partial charge in [-0.1, -0.05) is 41.9 Å². The summed E-state index contributed by atoms with van der Waals surface area (Å²) in [6.45, 7) is 7.02. The van der Waals surface area contributed by atoms with Gasteiger partial charge in [0.15, 0.2) is 0 Å².